The van der Waals surface area contributed by atoms with Crippen molar-refractivity contribution in [1.29, 1.82) is 0 Å². The fourth-order valence-electron chi connectivity index (χ4n) is 1.58. The molecule has 0 aromatic heterocycles. The van der Waals surface area contributed by atoms with Crippen molar-refractivity contribution in [1.82, 2.24) is 5.32 Å². The van der Waals surface area contributed by atoms with Crippen LogP contribution in [0.5, 0.6) is 0 Å². The van der Waals surface area contributed by atoms with Crippen LogP contribution in [0, 0.1) is 6.92 Å². The van der Waals surface area contributed by atoms with Crippen molar-refractivity contribution in [2.45, 2.75) is 25.1 Å². The fraction of sp³-hybridized carbons (Fsp3) is 0.455. The highest BCUT2D eigenvalue weighted by atomic mass is 79.9. The van der Waals surface area contributed by atoms with Gasteiger partial charge in [0.05, 0.1) is 0 Å². The SMILES string of the molecule is CNC(c1cc(Br)c(C)cc1Br)C(F)(F)C(F)(F)F. The van der Waals surface area contributed by atoms with Crippen LogP contribution < -0.4 is 5.32 Å². The molecule has 0 spiro atoms. The van der Waals surface area contributed by atoms with Crippen molar-refractivity contribution in [2.24, 2.45) is 0 Å². The lowest BCUT2D eigenvalue weighted by Gasteiger charge is -2.29. The summed E-state index contributed by atoms with van der Waals surface area (Å²) in [6.07, 6.45) is -5.63. The second-order valence-electron chi connectivity index (χ2n) is 3.97. The van der Waals surface area contributed by atoms with E-state index in [1.807, 2.05) is 5.32 Å². The summed E-state index contributed by atoms with van der Waals surface area (Å²) in [5, 5.41) is 2.03. The van der Waals surface area contributed by atoms with E-state index < -0.39 is 18.1 Å². The van der Waals surface area contributed by atoms with Gasteiger partial charge in [-0.3, -0.25) is 0 Å². The van der Waals surface area contributed by atoms with Crippen LogP contribution in [0.2, 0.25) is 0 Å². The van der Waals surface area contributed by atoms with Crippen molar-refractivity contribution in [3.63, 3.8) is 0 Å². The van der Waals surface area contributed by atoms with Gasteiger partial charge < -0.3 is 5.32 Å². The average molecular weight is 411 g/mol. The van der Waals surface area contributed by atoms with E-state index >= 15 is 0 Å². The number of aryl methyl sites for hydroxylation is 1. The zero-order valence-electron chi connectivity index (χ0n) is 9.88. The van der Waals surface area contributed by atoms with Gasteiger partial charge >= 0.3 is 12.1 Å². The Balaban J connectivity index is 3.37. The van der Waals surface area contributed by atoms with Gasteiger partial charge in [0, 0.05) is 8.95 Å². The molecule has 19 heavy (non-hydrogen) atoms. The lowest BCUT2D eigenvalue weighted by molar-refractivity contribution is -0.294. The van der Waals surface area contributed by atoms with Crippen LogP contribution in [0.15, 0.2) is 21.1 Å². The smallest absolute Gasteiger partial charge is 0.308 e. The quantitative estimate of drug-likeness (QED) is 0.693. The Morgan fingerprint density at radius 3 is 2.00 bits per heavy atom. The molecule has 108 valence electrons. The van der Waals surface area contributed by atoms with Crippen molar-refractivity contribution in [3.8, 4) is 0 Å². The van der Waals surface area contributed by atoms with Crippen LogP contribution in [-0.4, -0.2) is 19.1 Å². The van der Waals surface area contributed by atoms with Gasteiger partial charge in [-0.25, -0.2) is 0 Å². The van der Waals surface area contributed by atoms with Crippen LogP contribution in [0.4, 0.5) is 22.0 Å². The zero-order chi connectivity index (χ0) is 15.0. The summed E-state index contributed by atoms with van der Waals surface area (Å²) in [5.74, 6) is -4.88. The predicted octanol–water partition coefficient (Wildman–Crippen LogP) is 4.98. The van der Waals surface area contributed by atoms with Gasteiger partial charge in [0.1, 0.15) is 6.04 Å². The summed E-state index contributed by atoms with van der Waals surface area (Å²) < 4.78 is 64.9. The number of rotatable bonds is 3. The van der Waals surface area contributed by atoms with Crippen LogP contribution >= 0.6 is 31.9 Å². The van der Waals surface area contributed by atoms with Crippen molar-refractivity contribution >= 4 is 31.9 Å². The summed E-state index contributed by atoms with van der Waals surface area (Å²) in [7, 11) is 1.06. The number of alkyl halides is 5. The molecule has 0 radical (unpaired) electrons. The first kappa shape index (κ1) is 16.8. The first-order valence-corrected chi connectivity index (χ1v) is 6.68. The maximum absolute atomic E-state index is 13.5. The molecule has 1 nitrogen and oxygen atoms in total. The summed E-state index contributed by atoms with van der Waals surface area (Å²) in [4.78, 5) is 0. The molecule has 0 aliphatic rings. The minimum absolute atomic E-state index is 0.165. The zero-order valence-corrected chi connectivity index (χ0v) is 13.0. The third-order valence-corrected chi connectivity index (χ3v) is 4.16. The van der Waals surface area contributed by atoms with E-state index in [0.29, 0.717) is 4.47 Å². The molecule has 0 bridgehead atoms. The third kappa shape index (κ3) is 3.28. The monoisotopic (exact) mass is 409 g/mol. The Morgan fingerprint density at radius 1 is 1.05 bits per heavy atom. The first-order valence-electron chi connectivity index (χ1n) is 5.09. The van der Waals surface area contributed by atoms with E-state index in [1.54, 1.807) is 6.92 Å². The number of halogens is 7. The largest absolute Gasteiger partial charge is 0.455 e. The molecule has 1 aromatic carbocycles. The Hall–Kier alpha value is -0.210. The molecule has 1 N–H and O–H groups in total. The van der Waals surface area contributed by atoms with Crippen LogP contribution in [0.3, 0.4) is 0 Å². The molecule has 8 heteroatoms. The number of hydrogen-bond acceptors (Lipinski definition) is 1. The molecule has 0 heterocycles. The van der Waals surface area contributed by atoms with E-state index in [-0.39, 0.29) is 10.0 Å². The van der Waals surface area contributed by atoms with E-state index in [2.05, 4.69) is 31.9 Å². The molecule has 1 rings (SSSR count). The van der Waals surface area contributed by atoms with E-state index in [0.717, 1.165) is 12.6 Å². The highest BCUT2D eigenvalue weighted by Gasteiger charge is 2.62. The molecule has 1 aromatic rings. The summed E-state index contributed by atoms with van der Waals surface area (Å²) >= 11 is 6.14. The molecule has 0 amide bonds. The molecule has 0 fully saturated rings. The first-order chi connectivity index (χ1) is 8.52. The predicted molar refractivity (Wildman–Crippen MR) is 69.4 cm³/mol. The Bertz CT molecular complexity index is 473. The Labute approximate surface area is 123 Å². The molecule has 0 aliphatic carbocycles. The standard InChI is InChI=1S/C11H10Br2F5N/c1-5-3-8(13)6(4-7(5)12)9(19-2)10(14,15)11(16,17)18/h3-4,9,19H,1-2H3. The molecular weight excluding hydrogens is 401 g/mol. The molecule has 1 atom stereocenters. The lowest BCUT2D eigenvalue weighted by Crippen LogP contribution is -2.47. The minimum atomic E-state index is -5.63. The fourth-order valence-corrected chi connectivity index (χ4v) is 2.63. The van der Waals surface area contributed by atoms with Crippen LogP contribution in [0.25, 0.3) is 0 Å². The maximum Gasteiger partial charge on any atom is 0.455 e. The summed E-state index contributed by atoms with van der Waals surface area (Å²) in [5.41, 5.74) is 0.558. The van der Waals surface area contributed by atoms with Crippen LogP contribution in [-0.2, 0) is 0 Å². The van der Waals surface area contributed by atoms with Gasteiger partial charge in [0.2, 0.25) is 0 Å². The van der Waals surface area contributed by atoms with Gasteiger partial charge in [0.25, 0.3) is 0 Å². The number of nitrogens with one attached hydrogen (secondary N) is 1. The van der Waals surface area contributed by atoms with Gasteiger partial charge in [0.15, 0.2) is 0 Å². The van der Waals surface area contributed by atoms with Gasteiger partial charge in [-0.1, -0.05) is 31.9 Å². The van der Waals surface area contributed by atoms with Gasteiger partial charge in [-0.2, -0.15) is 22.0 Å². The minimum Gasteiger partial charge on any atom is -0.308 e. The Kier molecular flexibility index (Phi) is 5.01. The second kappa shape index (κ2) is 5.65. The van der Waals surface area contributed by atoms with Crippen molar-refractivity contribution in [3.05, 3.63) is 32.2 Å². The van der Waals surface area contributed by atoms with E-state index in [4.69, 9.17) is 0 Å². The maximum atomic E-state index is 13.5. The van der Waals surface area contributed by atoms with Crippen molar-refractivity contribution < 1.29 is 22.0 Å². The molecule has 1 unspecified atom stereocenters. The molecular formula is C11H10Br2F5N. The van der Waals surface area contributed by atoms with Gasteiger partial charge in [-0.05, 0) is 37.2 Å². The molecule has 0 aliphatic heterocycles. The van der Waals surface area contributed by atoms with Crippen LogP contribution in [0.1, 0.15) is 17.2 Å². The molecule has 0 saturated carbocycles. The normalized spacial score (nSPS) is 14.6. The van der Waals surface area contributed by atoms with Gasteiger partial charge in [-0.15, -0.1) is 0 Å². The highest BCUT2D eigenvalue weighted by molar-refractivity contribution is 9.11. The summed E-state index contributed by atoms with van der Waals surface area (Å²) in [6, 6.07) is 0.565. The van der Waals surface area contributed by atoms with E-state index in [1.165, 1.54) is 12.1 Å². The topological polar surface area (TPSA) is 12.0 Å². The van der Waals surface area contributed by atoms with Crippen molar-refractivity contribution in [2.75, 3.05) is 7.05 Å². The second-order valence-corrected chi connectivity index (χ2v) is 5.67. The average Bonchev–Trinajstić information content (AvgIpc) is 2.24. The Morgan fingerprint density at radius 2 is 1.58 bits per heavy atom. The van der Waals surface area contributed by atoms with E-state index in [9.17, 15) is 22.0 Å². The highest BCUT2D eigenvalue weighted by Crippen LogP contribution is 2.46. The molecule has 0 saturated heterocycles. The number of benzene rings is 1. The lowest BCUT2D eigenvalue weighted by atomic mass is 9.99. The number of hydrogen-bond donors (Lipinski definition) is 1. The third-order valence-electron chi connectivity index (χ3n) is 2.62. The summed E-state index contributed by atoms with van der Waals surface area (Å²) in [6.45, 7) is 1.70.